The molecule has 0 bridgehead atoms. The molecule has 28 heavy (non-hydrogen) atoms. The van der Waals surface area contributed by atoms with E-state index in [0.717, 1.165) is 12.5 Å². The topological polar surface area (TPSA) is 101 Å². The first-order valence-electron chi connectivity index (χ1n) is 9.06. The van der Waals surface area contributed by atoms with Gasteiger partial charge in [0.2, 0.25) is 0 Å². The largest absolute Gasteiger partial charge is 0.383 e. The van der Waals surface area contributed by atoms with Crippen molar-refractivity contribution >= 4 is 33.3 Å². The molecule has 152 valence electrons. The minimum atomic E-state index is -0.750. The van der Waals surface area contributed by atoms with Crippen LogP contribution in [0.4, 0.5) is 15.9 Å². The Labute approximate surface area is 170 Å². The Morgan fingerprint density at radius 2 is 2.04 bits per heavy atom. The molecular weight excluding hydrogens is 431 g/mol. The average molecular weight is 455 g/mol. The van der Waals surface area contributed by atoms with Crippen LogP contribution < -0.4 is 21.9 Å². The molecular formula is C19H24BrFN4O3. The number of unbranched alkanes of at least 4 members (excludes halogenated alkanes) is 1. The monoisotopic (exact) mass is 454 g/mol. The van der Waals surface area contributed by atoms with Crippen LogP contribution >= 0.6 is 15.9 Å². The highest BCUT2D eigenvalue weighted by Gasteiger charge is 2.26. The van der Waals surface area contributed by atoms with Crippen LogP contribution in [-0.2, 0) is 6.54 Å². The highest BCUT2D eigenvalue weighted by Crippen LogP contribution is 2.25. The Morgan fingerprint density at radius 3 is 2.64 bits per heavy atom. The van der Waals surface area contributed by atoms with Crippen molar-refractivity contribution in [2.45, 2.75) is 40.2 Å². The first kappa shape index (κ1) is 21.9. The fourth-order valence-electron chi connectivity index (χ4n) is 2.82. The summed E-state index contributed by atoms with van der Waals surface area (Å²) in [6, 6.07) is 3.74. The van der Waals surface area contributed by atoms with Crippen molar-refractivity contribution in [1.82, 2.24) is 9.55 Å². The summed E-state index contributed by atoms with van der Waals surface area (Å²) < 4.78 is 15.4. The smallest absolute Gasteiger partial charge is 0.330 e. The van der Waals surface area contributed by atoms with E-state index in [1.807, 2.05) is 20.8 Å². The molecule has 0 atom stereocenters. The molecule has 1 aromatic heterocycles. The second-order valence-electron chi connectivity index (χ2n) is 6.93. The van der Waals surface area contributed by atoms with E-state index in [1.165, 1.54) is 21.6 Å². The summed E-state index contributed by atoms with van der Waals surface area (Å²) in [7, 11) is 0. The van der Waals surface area contributed by atoms with Crippen molar-refractivity contribution in [1.29, 1.82) is 0 Å². The number of amides is 1. The minimum absolute atomic E-state index is 0.0662. The quantitative estimate of drug-likeness (QED) is 0.670. The van der Waals surface area contributed by atoms with E-state index < -0.39 is 23.0 Å². The molecule has 0 spiro atoms. The maximum atomic E-state index is 13.7. The number of nitrogens with zero attached hydrogens (tertiary/aromatic N) is 2. The van der Waals surface area contributed by atoms with E-state index >= 15 is 0 Å². The lowest BCUT2D eigenvalue weighted by Gasteiger charge is -2.25. The van der Waals surface area contributed by atoms with E-state index in [0.29, 0.717) is 10.9 Å². The normalized spacial score (nSPS) is 11.1. The van der Waals surface area contributed by atoms with E-state index in [4.69, 9.17) is 5.73 Å². The molecule has 1 heterocycles. The van der Waals surface area contributed by atoms with Gasteiger partial charge in [0.1, 0.15) is 11.6 Å². The molecule has 9 heteroatoms. The molecule has 1 aromatic carbocycles. The van der Waals surface area contributed by atoms with Gasteiger partial charge in [-0.2, -0.15) is 0 Å². The van der Waals surface area contributed by atoms with Gasteiger partial charge in [-0.25, -0.2) is 9.18 Å². The number of hydrogen-bond donors (Lipinski definition) is 2. The Morgan fingerprint density at radius 1 is 1.36 bits per heavy atom. The van der Waals surface area contributed by atoms with Crippen molar-refractivity contribution in [2.75, 3.05) is 17.2 Å². The first-order chi connectivity index (χ1) is 13.2. The summed E-state index contributed by atoms with van der Waals surface area (Å²) in [5.41, 5.74) is 4.74. The zero-order valence-corrected chi connectivity index (χ0v) is 17.7. The summed E-state index contributed by atoms with van der Waals surface area (Å²) in [5.74, 6) is -1.14. The number of aromatic amines is 1. The zero-order valence-electron chi connectivity index (χ0n) is 16.1. The van der Waals surface area contributed by atoms with E-state index in [1.54, 1.807) is 0 Å². The maximum absolute atomic E-state index is 13.7. The molecule has 3 N–H and O–H groups in total. The number of rotatable bonds is 7. The second-order valence-corrected chi connectivity index (χ2v) is 7.79. The van der Waals surface area contributed by atoms with Gasteiger partial charge in [0, 0.05) is 17.6 Å². The van der Waals surface area contributed by atoms with Crippen molar-refractivity contribution in [3.8, 4) is 0 Å². The van der Waals surface area contributed by atoms with Crippen molar-refractivity contribution in [3.05, 3.63) is 54.9 Å². The molecule has 2 rings (SSSR count). The molecule has 0 saturated heterocycles. The molecule has 0 unspecified atom stereocenters. The number of aromatic nitrogens is 2. The summed E-state index contributed by atoms with van der Waals surface area (Å²) in [4.78, 5) is 41.4. The van der Waals surface area contributed by atoms with Crippen LogP contribution in [0, 0.1) is 11.7 Å². The van der Waals surface area contributed by atoms with Crippen LogP contribution in [0.25, 0.3) is 0 Å². The summed E-state index contributed by atoms with van der Waals surface area (Å²) in [6.07, 6.45) is 1.36. The molecule has 1 amide bonds. The van der Waals surface area contributed by atoms with Crippen LogP contribution in [-0.4, -0.2) is 22.0 Å². The highest BCUT2D eigenvalue weighted by atomic mass is 79.9. The Balaban J connectivity index is 2.66. The number of benzene rings is 1. The van der Waals surface area contributed by atoms with Crippen LogP contribution in [0.15, 0.2) is 32.3 Å². The number of hydrogen-bond acceptors (Lipinski definition) is 4. The number of H-pyrrole nitrogens is 1. The Kier molecular flexibility index (Phi) is 7.17. The number of carbonyl (C=O) groups excluding carboxylic acids is 1. The average Bonchev–Trinajstić information content (AvgIpc) is 2.62. The van der Waals surface area contributed by atoms with Gasteiger partial charge in [0.25, 0.3) is 11.5 Å². The lowest BCUT2D eigenvalue weighted by molar-refractivity contribution is 0.0985. The third-order valence-electron chi connectivity index (χ3n) is 4.17. The van der Waals surface area contributed by atoms with Gasteiger partial charge < -0.3 is 10.6 Å². The van der Waals surface area contributed by atoms with Crippen molar-refractivity contribution in [3.63, 3.8) is 0 Å². The standard InChI is InChI=1S/C19H24BrFN4O3/c1-4-5-8-24(18(27)13-9-12(21)6-7-14(13)20)15-16(22)25(10-11(2)3)19(28)23-17(15)26/h6-7,9,11H,4-5,8,10,22H2,1-3H3,(H,23,26,28). The minimum Gasteiger partial charge on any atom is -0.383 e. The lowest BCUT2D eigenvalue weighted by atomic mass is 10.1. The number of nitrogens with two attached hydrogens (primary N) is 1. The van der Waals surface area contributed by atoms with Crippen molar-refractivity contribution < 1.29 is 9.18 Å². The number of nitrogen functional groups attached to an aromatic ring is 1. The fourth-order valence-corrected chi connectivity index (χ4v) is 3.24. The summed E-state index contributed by atoms with van der Waals surface area (Å²) in [6.45, 7) is 6.23. The highest BCUT2D eigenvalue weighted by molar-refractivity contribution is 9.10. The second kappa shape index (κ2) is 9.18. The van der Waals surface area contributed by atoms with Gasteiger partial charge in [-0.05, 0) is 46.5 Å². The predicted molar refractivity (Wildman–Crippen MR) is 111 cm³/mol. The SMILES string of the molecule is CCCCN(C(=O)c1cc(F)ccc1Br)c1c(N)n(CC(C)C)c(=O)[nH]c1=O. The lowest BCUT2D eigenvalue weighted by Crippen LogP contribution is -2.42. The predicted octanol–water partition coefficient (Wildman–Crippen LogP) is 3.12. The van der Waals surface area contributed by atoms with Gasteiger partial charge in [-0.3, -0.25) is 19.1 Å². The third-order valence-corrected chi connectivity index (χ3v) is 4.86. The van der Waals surface area contributed by atoms with E-state index in [2.05, 4.69) is 20.9 Å². The van der Waals surface area contributed by atoms with Gasteiger partial charge in [-0.1, -0.05) is 27.2 Å². The maximum Gasteiger partial charge on any atom is 0.330 e. The Hall–Kier alpha value is -2.42. The molecule has 0 aliphatic carbocycles. The van der Waals surface area contributed by atoms with Crippen LogP contribution in [0.2, 0.25) is 0 Å². The summed E-state index contributed by atoms with van der Waals surface area (Å²) in [5, 5.41) is 0. The van der Waals surface area contributed by atoms with Gasteiger partial charge in [-0.15, -0.1) is 0 Å². The van der Waals surface area contributed by atoms with Gasteiger partial charge in [0.15, 0.2) is 5.69 Å². The molecule has 2 aromatic rings. The third kappa shape index (κ3) is 4.70. The van der Waals surface area contributed by atoms with Crippen LogP contribution in [0.3, 0.4) is 0 Å². The van der Waals surface area contributed by atoms with Crippen molar-refractivity contribution in [2.24, 2.45) is 5.92 Å². The molecule has 0 radical (unpaired) electrons. The number of carbonyl (C=O) groups is 1. The zero-order chi connectivity index (χ0) is 21.0. The number of halogens is 2. The fraction of sp³-hybridized carbons (Fsp3) is 0.421. The Bertz CT molecular complexity index is 984. The number of nitrogens with one attached hydrogen (secondary N) is 1. The van der Waals surface area contributed by atoms with Crippen LogP contribution in [0.1, 0.15) is 44.0 Å². The summed E-state index contributed by atoms with van der Waals surface area (Å²) >= 11 is 3.25. The van der Waals surface area contributed by atoms with Gasteiger partial charge in [0.05, 0.1) is 5.56 Å². The first-order valence-corrected chi connectivity index (χ1v) is 9.86. The molecule has 0 aliphatic heterocycles. The molecule has 0 aliphatic rings. The molecule has 0 fully saturated rings. The van der Waals surface area contributed by atoms with E-state index in [9.17, 15) is 18.8 Å². The number of anilines is 2. The van der Waals surface area contributed by atoms with E-state index in [-0.39, 0.29) is 36.1 Å². The van der Waals surface area contributed by atoms with Gasteiger partial charge >= 0.3 is 5.69 Å². The molecule has 7 nitrogen and oxygen atoms in total. The molecule has 0 saturated carbocycles. The van der Waals surface area contributed by atoms with Crippen LogP contribution in [0.5, 0.6) is 0 Å².